The zero-order valence-corrected chi connectivity index (χ0v) is 23.3. The van der Waals surface area contributed by atoms with E-state index in [2.05, 4.69) is 37.9 Å². The number of para-hydroxylation sites is 1. The molecule has 0 radical (unpaired) electrons. The molecular weight excluding hydrogens is 500 g/mol. The summed E-state index contributed by atoms with van der Waals surface area (Å²) in [5.74, 6) is 1.21. The van der Waals surface area contributed by atoms with Crippen LogP contribution in [-0.4, -0.2) is 77.5 Å². The maximum absolute atomic E-state index is 12.3. The summed E-state index contributed by atoms with van der Waals surface area (Å²) in [6, 6.07) is 18.2. The first-order valence-electron chi connectivity index (χ1n) is 13.6. The molecule has 0 spiro atoms. The van der Waals surface area contributed by atoms with E-state index in [9.17, 15) is 4.79 Å². The van der Waals surface area contributed by atoms with Gasteiger partial charge in [-0.05, 0) is 76.9 Å². The van der Waals surface area contributed by atoms with Crippen molar-refractivity contribution in [2.24, 2.45) is 0 Å². The number of carbonyl (C=O) groups excluding carboxylic acids is 1. The largest absolute Gasteiger partial charge is 0.367 e. The maximum atomic E-state index is 12.3. The van der Waals surface area contributed by atoms with Crippen molar-refractivity contribution in [3.63, 3.8) is 0 Å². The molecule has 1 aliphatic rings. The third kappa shape index (κ3) is 7.19. The quantitative estimate of drug-likeness (QED) is 0.257. The van der Waals surface area contributed by atoms with Crippen LogP contribution in [0.25, 0.3) is 22.0 Å². The van der Waals surface area contributed by atoms with Crippen molar-refractivity contribution < 1.29 is 4.79 Å². The minimum Gasteiger partial charge on any atom is -0.367 e. The van der Waals surface area contributed by atoms with Crippen LogP contribution >= 0.6 is 0 Å². The lowest BCUT2D eigenvalue weighted by molar-refractivity contribution is -0.111. The molecule has 1 amide bonds. The second-order valence-electron chi connectivity index (χ2n) is 10.5. The van der Waals surface area contributed by atoms with Crippen LogP contribution in [0.15, 0.2) is 79.1 Å². The Morgan fingerprint density at radius 2 is 1.85 bits per heavy atom. The summed E-state index contributed by atoms with van der Waals surface area (Å²) >= 11 is 0. The van der Waals surface area contributed by atoms with E-state index in [-0.39, 0.29) is 5.91 Å². The number of nitrogens with zero attached hydrogens (tertiary/aromatic N) is 5. The highest BCUT2D eigenvalue weighted by Crippen LogP contribution is 2.30. The summed E-state index contributed by atoms with van der Waals surface area (Å²) in [4.78, 5) is 30.7. The number of pyridine rings is 1. The maximum Gasteiger partial charge on any atom is 0.248 e. The minimum atomic E-state index is -0.160. The van der Waals surface area contributed by atoms with E-state index in [0.29, 0.717) is 18.5 Å². The van der Waals surface area contributed by atoms with E-state index in [0.717, 1.165) is 65.2 Å². The molecule has 9 nitrogen and oxygen atoms in total. The third-order valence-electron chi connectivity index (χ3n) is 6.88. The Labute approximate surface area is 235 Å². The SMILES string of the molecule is CN(C)C/C=C/C(=O)Nc1cccc(-c2cccc3cnc(Nc4ccc(NC5CCN(C)CC5)nc4)nc23)c1. The van der Waals surface area contributed by atoms with Crippen LogP contribution in [0.4, 0.5) is 23.1 Å². The standard InChI is InChI=1S/C31H36N8O/c1-38(2)16-6-11-29(40)35-25-9-4-7-22(19-25)27-10-5-8-23-20-33-31(37-30(23)27)36-26-12-13-28(32-21-26)34-24-14-17-39(3)18-15-24/h4-13,19-21,24H,14-18H2,1-3H3,(H,32,34)(H,35,40)(H,33,36,37)/b11-6+. The summed E-state index contributed by atoms with van der Waals surface area (Å²) in [6.07, 6.45) is 9.25. The third-order valence-corrected chi connectivity index (χ3v) is 6.88. The first-order valence-corrected chi connectivity index (χ1v) is 13.6. The number of anilines is 4. The zero-order valence-electron chi connectivity index (χ0n) is 23.3. The molecule has 0 saturated carbocycles. The fourth-order valence-electron chi connectivity index (χ4n) is 4.71. The van der Waals surface area contributed by atoms with Gasteiger partial charge in [-0.2, -0.15) is 0 Å². The Bertz CT molecular complexity index is 1480. The summed E-state index contributed by atoms with van der Waals surface area (Å²) in [7, 11) is 6.08. The Morgan fingerprint density at radius 1 is 1.02 bits per heavy atom. The smallest absolute Gasteiger partial charge is 0.248 e. The molecule has 5 rings (SSSR count). The average Bonchev–Trinajstić information content (AvgIpc) is 2.95. The Morgan fingerprint density at radius 3 is 2.62 bits per heavy atom. The lowest BCUT2D eigenvalue weighted by Crippen LogP contribution is -2.36. The average molecular weight is 537 g/mol. The topological polar surface area (TPSA) is 98.3 Å². The molecule has 9 heteroatoms. The van der Waals surface area contributed by atoms with E-state index in [1.165, 1.54) is 0 Å². The number of amides is 1. The molecule has 2 aromatic heterocycles. The van der Waals surface area contributed by atoms with Gasteiger partial charge in [0.1, 0.15) is 5.82 Å². The Balaban J connectivity index is 1.30. The van der Waals surface area contributed by atoms with Crippen molar-refractivity contribution in [1.29, 1.82) is 0 Å². The van der Waals surface area contributed by atoms with Crippen LogP contribution in [0.5, 0.6) is 0 Å². The Kier molecular flexibility index (Phi) is 8.63. The van der Waals surface area contributed by atoms with Gasteiger partial charge in [0.2, 0.25) is 11.9 Å². The van der Waals surface area contributed by atoms with E-state index in [4.69, 9.17) is 4.98 Å². The number of hydrogen-bond acceptors (Lipinski definition) is 8. The highest BCUT2D eigenvalue weighted by Gasteiger charge is 2.16. The predicted octanol–water partition coefficient (Wildman–Crippen LogP) is 5.00. The van der Waals surface area contributed by atoms with Crippen molar-refractivity contribution in [2.45, 2.75) is 18.9 Å². The molecule has 3 heterocycles. The number of aromatic nitrogens is 3. The van der Waals surface area contributed by atoms with E-state index in [1.54, 1.807) is 12.3 Å². The van der Waals surface area contributed by atoms with Gasteiger partial charge in [0.25, 0.3) is 0 Å². The van der Waals surface area contributed by atoms with Crippen LogP contribution in [-0.2, 0) is 4.79 Å². The predicted molar refractivity (Wildman–Crippen MR) is 163 cm³/mol. The van der Waals surface area contributed by atoms with Gasteiger partial charge in [0.05, 0.1) is 17.4 Å². The van der Waals surface area contributed by atoms with Gasteiger partial charge in [-0.1, -0.05) is 36.4 Å². The number of likely N-dealkylation sites (N-methyl/N-ethyl adjacent to an activating group) is 1. The van der Waals surface area contributed by atoms with Gasteiger partial charge < -0.3 is 25.8 Å². The number of nitrogens with one attached hydrogen (secondary N) is 3. The zero-order chi connectivity index (χ0) is 27.9. The van der Waals surface area contributed by atoms with Gasteiger partial charge in [-0.25, -0.2) is 15.0 Å². The first kappa shape index (κ1) is 27.2. The normalized spacial score (nSPS) is 14.6. The van der Waals surface area contributed by atoms with Gasteiger partial charge in [0, 0.05) is 41.5 Å². The number of piperidine rings is 1. The minimum absolute atomic E-state index is 0.160. The van der Waals surface area contributed by atoms with Gasteiger partial charge in [0.15, 0.2) is 0 Å². The molecular formula is C31H36N8O. The molecule has 1 saturated heterocycles. The summed E-state index contributed by atoms with van der Waals surface area (Å²) in [6.45, 7) is 2.91. The molecule has 40 heavy (non-hydrogen) atoms. The second-order valence-corrected chi connectivity index (χ2v) is 10.5. The van der Waals surface area contributed by atoms with Crippen molar-refractivity contribution in [1.82, 2.24) is 24.8 Å². The van der Waals surface area contributed by atoms with Crippen molar-refractivity contribution in [2.75, 3.05) is 56.7 Å². The molecule has 4 aromatic rings. The van der Waals surface area contributed by atoms with E-state index in [1.807, 2.05) is 85.9 Å². The Hall–Kier alpha value is -4.34. The van der Waals surface area contributed by atoms with Gasteiger partial charge >= 0.3 is 0 Å². The van der Waals surface area contributed by atoms with Crippen molar-refractivity contribution in [3.05, 3.63) is 79.1 Å². The number of fused-ring (bicyclic) bond motifs is 1. The van der Waals surface area contributed by atoms with Gasteiger partial charge in [-0.15, -0.1) is 0 Å². The van der Waals surface area contributed by atoms with Crippen LogP contribution in [0.3, 0.4) is 0 Å². The van der Waals surface area contributed by atoms with E-state index < -0.39 is 0 Å². The number of likely N-dealkylation sites (tertiary alicyclic amines) is 1. The first-order chi connectivity index (χ1) is 19.4. The molecule has 0 aliphatic carbocycles. The monoisotopic (exact) mass is 536 g/mol. The van der Waals surface area contributed by atoms with Gasteiger partial charge in [-0.3, -0.25) is 4.79 Å². The molecule has 2 aromatic carbocycles. The summed E-state index contributed by atoms with van der Waals surface area (Å²) < 4.78 is 0. The lowest BCUT2D eigenvalue weighted by atomic mass is 10.0. The fraction of sp³-hybridized carbons (Fsp3) is 0.290. The number of rotatable bonds is 9. The number of hydrogen-bond donors (Lipinski definition) is 3. The van der Waals surface area contributed by atoms with E-state index >= 15 is 0 Å². The molecule has 0 bridgehead atoms. The summed E-state index contributed by atoms with van der Waals surface area (Å²) in [5.41, 5.74) is 4.27. The molecule has 206 valence electrons. The van der Waals surface area contributed by atoms with Crippen LogP contribution < -0.4 is 16.0 Å². The molecule has 0 atom stereocenters. The lowest BCUT2D eigenvalue weighted by Gasteiger charge is -2.29. The molecule has 3 N–H and O–H groups in total. The van der Waals surface area contributed by atoms with Crippen LogP contribution in [0, 0.1) is 0 Å². The second kappa shape index (κ2) is 12.7. The van der Waals surface area contributed by atoms with Crippen LogP contribution in [0.1, 0.15) is 12.8 Å². The number of carbonyl (C=O) groups is 1. The molecule has 0 unspecified atom stereocenters. The number of benzene rings is 2. The fourth-order valence-corrected chi connectivity index (χ4v) is 4.71. The highest BCUT2D eigenvalue weighted by atomic mass is 16.1. The summed E-state index contributed by atoms with van der Waals surface area (Å²) in [5, 5.41) is 10.7. The van der Waals surface area contributed by atoms with Crippen molar-refractivity contribution in [3.8, 4) is 11.1 Å². The van der Waals surface area contributed by atoms with Crippen LogP contribution in [0.2, 0.25) is 0 Å². The van der Waals surface area contributed by atoms with Crippen molar-refractivity contribution >= 4 is 40.0 Å². The molecule has 1 fully saturated rings. The highest BCUT2D eigenvalue weighted by molar-refractivity contribution is 6.00. The molecule has 1 aliphatic heterocycles.